The van der Waals surface area contributed by atoms with Crippen LogP contribution in [-0.4, -0.2) is 197 Å². The number of hydrogen-bond acceptors (Lipinski definition) is 24. The van der Waals surface area contributed by atoms with Crippen molar-refractivity contribution >= 4 is 110 Å². The van der Waals surface area contributed by atoms with Crippen LogP contribution in [0.1, 0.15) is 64.0 Å². The van der Waals surface area contributed by atoms with Crippen molar-refractivity contribution in [1.82, 2.24) is 5.06 Å². The van der Waals surface area contributed by atoms with Crippen molar-refractivity contribution in [2.45, 2.75) is 83.3 Å². The summed E-state index contributed by atoms with van der Waals surface area (Å²) in [5.74, 6) is -2.14. The first-order valence-electron chi connectivity index (χ1n) is 28.7. The van der Waals surface area contributed by atoms with Crippen LogP contribution in [0.15, 0.2) is 104 Å². The molecule has 0 bridgehead atoms. The third-order valence-corrected chi connectivity index (χ3v) is 20.8. The van der Waals surface area contributed by atoms with E-state index in [1.54, 1.807) is 19.2 Å². The summed E-state index contributed by atoms with van der Waals surface area (Å²) < 4.78 is 154. The first kappa shape index (κ1) is 72.0. The number of imide groups is 1. The smallest absolute Gasteiger partial charge is 0.335 e. The predicted octanol–water partition coefficient (Wildman–Crippen LogP) is 6.62. The minimum absolute atomic E-state index is 0.0170. The average molecular weight is 1350 g/mol. The van der Waals surface area contributed by atoms with Crippen LogP contribution < -0.4 is 4.90 Å². The van der Waals surface area contributed by atoms with Crippen molar-refractivity contribution in [2.75, 3.05) is 139 Å². The molecule has 2 unspecified atom stereocenters. The lowest BCUT2D eigenvalue weighted by Gasteiger charge is -2.31. The minimum atomic E-state index is -4.32. The highest BCUT2D eigenvalue weighted by atomic mass is 32.2. The van der Waals surface area contributed by atoms with Gasteiger partial charge in [-0.1, -0.05) is 24.3 Å². The molecule has 0 aromatic heterocycles. The number of amides is 2. The molecule has 90 heavy (non-hydrogen) atoms. The van der Waals surface area contributed by atoms with Crippen molar-refractivity contribution in [3.63, 3.8) is 0 Å². The topological polar surface area (TPSA) is 291 Å². The van der Waals surface area contributed by atoms with Gasteiger partial charge < -0.3 is 42.3 Å². The van der Waals surface area contributed by atoms with E-state index in [9.17, 15) is 43.8 Å². The molecule has 4 aromatic rings. The van der Waals surface area contributed by atoms with Crippen LogP contribution in [0.25, 0.3) is 21.5 Å². The maximum atomic E-state index is 13.5. The zero-order chi connectivity index (χ0) is 65.4. The van der Waals surface area contributed by atoms with Gasteiger partial charge in [-0.3, -0.25) is 26.3 Å². The number of methoxy groups -OCH3 is 1. The molecular formula is C60H78N3O22S5+. The van der Waals surface area contributed by atoms with Gasteiger partial charge in [-0.15, -0.1) is 5.06 Å². The number of hydrogen-bond donors (Lipinski definition) is 0. The summed E-state index contributed by atoms with van der Waals surface area (Å²) in [5.41, 5.74) is 2.92. The summed E-state index contributed by atoms with van der Waals surface area (Å²) in [7, 11) is -4.77. The highest BCUT2D eigenvalue weighted by Crippen LogP contribution is 2.54. The van der Waals surface area contributed by atoms with Gasteiger partial charge in [-0.25, -0.2) is 9.00 Å². The molecule has 25 nitrogen and oxygen atoms in total. The Balaban J connectivity index is 1.09. The fraction of sp³-hybridized carbons (Fsp3) is 0.500. The largest absolute Gasteiger partial charge is 0.383 e. The van der Waals surface area contributed by atoms with Crippen molar-refractivity contribution in [3.8, 4) is 0 Å². The summed E-state index contributed by atoms with van der Waals surface area (Å²) >= 11 is -1.05. The summed E-state index contributed by atoms with van der Waals surface area (Å²) in [4.78, 5) is 42.4. The van der Waals surface area contributed by atoms with Gasteiger partial charge in [0.1, 0.15) is 6.61 Å². The molecule has 0 aliphatic carbocycles. The van der Waals surface area contributed by atoms with Crippen molar-refractivity contribution < 1.29 is 103 Å². The van der Waals surface area contributed by atoms with E-state index in [0.717, 1.165) is 61.4 Å². The standard InChI is InChI=1S/C60H78N3O22S5/c1-59(2)52(14-11-10-12-15-53-60(3,23-13-37-88(68,69)77-7)58-47-39-43(90(72,73)79-9)41-51(87(67)76-6)45(47)17-19-49(58)62(53)24-27-74-4)61(48-18-16-44-46(57(48)59)38-42(89(70,71)78-8)40-50(44)86-75-5)25-28-81-30-32-83-34-36-84-35-33-82-31-29-80-26-22-56(66)85-63-54(64)20-21-55(63)65/h10-12,14-19,38-41H,13,20-37H2,1-9H3/q+1. The highest BCUT2D eigenvalue weighted by Gasteiger charge is 2.47. The van der Waals surface area contributed by atoms with Gasteiger partial charge in [-0.05, 0) is 97.8 Å². The number of nitrogens with zero attached hydrogens (tertiary/aromatic N) is 3. The summed E-state index contributed by atoms with van der Waals surface area (Å²) in [6.45, 7) is 9.67. The monoisotopic (exact) mass is 1350 g/mol. The molecule has 0 radical (unpaired) electrons. The Morgan fingerprint density at radius 2 is 1.24 bits per heavy atom. The van der Waals surface area contributed by atoms with Gasteiger partial charge in [0.15, 0.2) is 23.3 Å². The van der Waals surface area contributed by atoms with E-state index < -0.39 is 70.0 Å². The molecular weight excluding hydrogens is 1270 g/mol. The molecule has 494 valence electrons. The van der Waals surface area contributed by atoms with E-state index in [1.165, 1.54) is 32.4 Å². The van der Waals surface area contributed by atoms with Crippen LogP contribution in [-0.2, 0) is 121 Å². The molecule has 2 atom stereocenters. The van der Waals surface area contributed by atoms with Crippen molar-refractivity contribution in [3.05, 3.63) is 95.7 Å². The number of rotatable bonds is 38. The van der Waals surface area contributed by atoms with Gasteiger partial charge in [0.25, 0.3) is 42.2 Å². The number of carbonyl (C=O) groups is 3. The van der Waals surface area contributed by atoms with Crippen molar-refractivity contribution in [2.24, 2.45) is 0 Å². The summed E-state index contributed by atoms with van der Waals surface area (Å²) in [6, 6.07) is 13.4. The molecule has 2 amide bonds. The fourth-order valence-electron chi connectivity index (χ4n) is 11.1. The molecule has 0 saturated carbocycles. The van der Waals surface area contributed by atoms with E-state index >= 15 is 0 Å². The maximum Gasteiger partial charge on any atom is 0.335 e. The summed E-state index contributed by atoms with van der Waals surface area (Å²) in [6.07, 6.45) is 9.83. The number of anilines is 1. The van der Waals surface area contributed by atoms with Crippen LogP contribution in [0.5, 0.6) is 0 Å². The Bertz CT molecular complexity index is 3760. The number of benzene rings is 4. The van der Waals surface area contributed by atoms with Gasteiger partial charge in [0.2, 0.25) is 5.69 Å². The molecule has 1 fully saturated rings. The molecule has 3 aliphatic rings. The van der Waals surface area contributed by atoms with E-state index in [2.05, 4.69) is 18.4 Å². The Morgan fingerprint density at radius 3 is 1.82 bits per heavy atom. The van der Waals surface area contributed by atoms with Gasteiger partial charge >= 0.3 is 5.97 Å². The number of allylic oxidation sites excluding steroid dienone is 6. The van der Waals surface area contributed by atoms with Crippen LogP contribution >= 0.6 is 12.0 Å². The second-order valence-corrected chi connectivity index (χ2v) is 28.6. The number of ether oxygens (including phenoxy) is 6. The summed E-state index contributed by atoms with van der Waals surface area (Å²) in [5, 5.41) is 2.86. The predicted molar refractivity (Wildman–Crippen MR) is 334 cm³/mol. The highest BCUT2D eigenvalue weighted by molar-refractivity contribution is 7.95. The van der Waals surface area contributed by atoms with Crippen molar-refractivity contribution in [1.29, 1.82) is 0 Å². The van der Waals surface area contributed by atoms with E-state index in [4.69, 9.17) is 54.2 Å². The van der Waals surface area contributed by atoms with Crippen LogP contribution in [0.2, 0.25) is 0 Å². The third-order valence-electron chi connectivity index (χ3n) is 15.3. The zero-order valence-corrected chi connectivity index (χ0v) is 55.9. The fourth-order valence-corrected chi connectivity index (χ4v) is 14.7. The number of hydroxylamine groups is 2. The molecule has 0 spiro atoms. The minimum Gasteiger partial charge on any atom is -0.383 e. The van der Waals surface area contributed by atoms with Crippen LogP contribution in [0, 0.1) is 0 Å². The van der Waals surface area contributed by atoms with Gasteiger partial charge in [0.05, 0.1) is 134 Å². The Kier molecular flexibility index (Phi) is 26.0. The first-order valence-corrected chi connectivity index (χ1v) is 34.9. The normalized spacial score (nSPS) is 17.8. The van der Waals surface area contributed by atoms with E-state index in [0.29, 0.717) is 76.9 Å². The van der Waals surface area contributed by atoms with Gasteiger partial charge in [0, 0.05) is 83.3 Å². The second-order valence-electron chi connectivity index (χ2n) is 21.2. The molecule has 1 saturated heterocycles. The quantitative estimate of drug-likeness (QED) is 0.0114. The molecule has 30 heteroatoms. The number of fused-ring (bicyclic) bond motifs is 6. The number of carbonyl (C=O) groups excluding carboxylic acids is 3. The molecule has 4 aromatic carbocycles. The van der Waals surface area contributed by atoms with Gasteiger partial charge in [-0.2, -0.15) is 29.8 Å². The SMILES string of the molecule is COCCN1C(=CC=CC=CC2=[N+](CCOCCOCCOCCOCCOCCC(=O)ON3C(=O)CCC3=O)c3ccc4c(SOC)cc(S(=O)(=O)OC)cc4c3C2(C)C)C(C)(CCCS(=O)(=O)OC)c2c1ccc1c(S(=O)OC)cc(S(=O)(=O)OC)cc21. The van der Waals surface area contributed by atoms with E-state index in [1.807, 2.05) is 60.4 Å². The Labute approximate surface area is 532 Å². The zero-order valence-electron chi connectivity index (χ0n) is 51.8. The maximum absolute atomic E-state index is 13.5. The molecule has 0 N–H and O–H groups in total. The molecule has 3 heterocycles. The lowest BCUT2D eigenvalue weighted by molar-refractivity contribution is -0.442. The first-order chi connectivity index (χ1) is 42.9. The lowest BCUT2D eigenvalue weighted by atomic mass is 9.75. The van der Waals surface area contributed by atoms with Crippen LogP contribution in [0.4, 0.5) is 11.4 Å². The van der Waals surface area contributed by atoms with Crippen LogP contribution in [0.3, 0.4) is 0 Å². The second kappa shape index (κ2) is 32.4. The molecule has 7 rings (SSSR count). The third kappa shape index (κ3) is 17.1. The Hall–Kier alpha value is -5.39. The Morgan fingerprint density at radius 1 is 0.667 bits per heavy atom. The van der Waals surface area contributed by atoms with E-state index in [-0.39, 0.29) is 98.8 Å². The average Bonchev–Trinajstić information content (AvgIpc) is 1.54. The lowest BCUT2D eigenvalue weighted by Crippen LogP contribution is -2.32. The molecule has 3 aliphatic heterocycles.